The molecule has 2 nitrogen and oxygen atoms in total. The zero-order valence-corrected chi connectivity index (χ0v) is 8.34. The number of allylic oxidation sites excluding steroid dienone is 1. The number of unbranched alkanes of at least 4 members (excludes halogenated alkanes) is 3. The van der Waals surface area contributed by atoms with E-state index in [1.807, 2.05) is 6.08 Å². The normalized spacial score (nSPS) is 15.3. The quantitative estimate of drug-likeness (QED) is 0.590. The molecule has 0 aromatic heterocycles. The maximum absolute atomic E-state index is 11.4. The lowest BCUT2D eigenvalue weighted by Gasteiger charge is -2.01. The van der Waals surface area contributed by atoms with E-state index in [0.29, 0.717) is 18.8 Å². The predicted octanol–water partition coefficient (Wildman–Crippen LogP) is 2.83. The number of ether oxygens (including phenoxy) is 1. The van der Waals surface area contributed by atoms with Crippen LogP contribution < -0.4 is 0 Å². The molecule has 1 heterocycles. The Morgan fingerprint density at radius 1 is 1.46 bits per heavy atom. The van der Waals surface area contributed by atoms with Gasteiger partial charge in [-0.05, 0) is 12.5 Å². The minimum absolute atomic E-state index is 0.189. The van der Waals surface area contributed by atoms with Gasteiger partial charge >= 0.3 is 0 Å². The van der Waals surface area contributed by atoms with Crippen molar-refractivity contribution >= 4 is 5.78 Å². The van der Waals surface area contributed by atoms with Crippen LogP contribution in [-0.2, 0) is 9.53 Å². The van der Waals surface area contributed by atoms with Crippen LogP contribution in [0.25, 0.3) is 0 Å². The van der Waals surface area contributed by atoms with Gasteiger partial charge in [-0.15, -0.1) is 0 Å². The SMILES string of the molecule is CCCCCCC(=O)C1=CCCO1. The van der Waals surface area contributed by atoms with Crippen LogP contribution in [0.2, 0.25) is 0 Å². The Balaban J connectivity index is 2.10. The van der Waals surface area contributed by atoms with Gasteiger partial charge in [-0.25, -0.2) is 0 Å². The third kappa shape index (κ3) is 3.62. The molecule has 74 valence electrons. The largest absolute Gasteiger partial charge is 0.490 e. The van der Waals surface area contributed by atoms with Crippen molar-refractivity contribution < 1.29 is 9.53 Å². The van der Waals surface area contributed by atoms with Crippen molar-refractivity contribution in [3.8, 4) is 0 Å². The summed E-state index contributed by atoms with van der Waals surface area (Å²) >= 11 is 0. The lowest BCUT2D eigenvalue weighted by molar-refractivity contribution is -0.118. The lowest BCUT2D eigenvalue weighted by atomic mass is 10.1. The van der Waals surface area contributed by atoms with Gasteiger partial charge in [0.2, 0.25) is 0 Å². The fourth-order valence-electron chi connectivity index (χ4n) is 1.45. The number of carbonyl (C=O) groups is 1. The fourth-order valence-corrected chi connectivity index (χ4v) is 1.45. The van der Waals surface area contributed by atoms with Crippen molar-refractivity contribution in [2.75, 3.05) is 6.61 Å². The standard InChI is InChI=1S/C11H18O2/c1-2-3-4-5-7-10(12)11-8-6-9-13-11/h8H,2-7,9H2,1H3. The maximum atomic E-state index is 11.4. The number of hydrogen-bond donors (Lipinski definition) is 0. The summed E-state index contributed by atoms with van der Waals surface area (Å²) in [6.45, 7) is 2.86. The summed E-state index contributed by atoms with van der Waals surface area (Å²) in [5.74, 6) is 0.796. The molecule has 1 aliphatic rings. The lowest BCUT2D eigenvalue weighted by Crippen LogP contribution is -2.02. The molecule has 13 heavy (non-hydrogen) atoms. The molecule has 1 rings (SSSR count). The van der Waals surface area contributed by atoms with Crippen LogP contribution in [-0.4, -0.2) is 12.4 Å². The summed E-state index contributed by atoms with van der Waals surface area (Å²) in [6, 6.07) is 0. The third-order valence-electron chi connectivity index (χ3n) is 2.24. The van der Waals surface area contributed by atoms with E-state index < -0.39 is 0 Å². The van der Waals surface area contributed by atoms with E-state index in [9.17, 15) is 4.79 Å². The van der Waals surface area contributed by atoms with Crippen LogP contribution in [0.3, 0.4) is 0 Å². The van der Waals surface area contributed by atoms with E-state index in [-0.39, 0.29) is 5.78 Å². The minimum atomic E-state index is 0.189. The van der Waals surface area contributed by atoms with E-state index in [0.717, 1.165) is 19.3 Å². The van der Waals surface area contributed by atoms with Gasteiger partial charge in [0.25, 0.3) is 0 Å². The molecule has 0 atom stereocenters. The number of rotatable bonds is 6. The zero-order chi connectivity index (χ0) is 9.52. The van der Waals surface area contributed by atoms with Crippen LogP contribution in [0.4, 0.5) is 0 Å². The summed E-state index contributed by atoms with van der Waals surface area (Å²) in [6.07, 6.45) is 8.08. The first kappa shape index (κ1) is 10.3. The monoisotopic (exact) mass is 182 g/mol. The maximum Gasteiger partial charge on any atom is 0.197 e. The Kier molecular flexibility index (Phi) is 4.58. The van der Waals surface area contributed by atoms with E-state index in [2.05, 4.69) is 6.92 Å². The highest BCUT2D eigenvalue weighted by molar-refractivity contribution is 5.93. The second-order valence-electron chi connectivity index (χ2n) is 3.44. The Morgan fingerprint density at radius 3 is 2.92 bits per heavy atom. The van der Waals surface area contributed by atoms with Crippen molar-refractivity contribution in [3.05, 3.63) is 11.8 Å². The average molecular weight is 182 g/mol. The molecular weight excluding hydrogens is 164 g/mol. The highest BCUT2D eigenvalue weighted by atomic mass is 16.5. The first-order valence-corrected chi connectivity index (χ1v) is 5.20. The van der Waals surface area contributed by atoms with Crippen molar-refractivity contribution in [3.63, 3.8) is 0 Å². The van der Waals surface area contributed by atoms with E-state index >= 15 is 0 Å². The molecule has 2 heteroatoms. The minimum Gasteiger partial charge on any atom is -0.490 e. The molecule has 0 N–H and O–H groups in total. The average Bonchev–Trinajstić information content (AvgIpc) is 2.65. The molecular formula is C11H18O2. The zero-order valence-electron chi connectivity index (χ0n) is 8.34. The van der Waals surface area contributed by atoms with E-state index in [1.54, 1.807) is 0 Å². The summed E-state index contributed by atoms with van der Waals surface area (Å²) in [5, 5.41) is 0. The highest BCUT2D eigenvalue weighted by Gasteiger charge is 2.13. The molecule has 0 aliphatic carbocycles. The van der Waals surface area contributed by atoms with Gasteiger partial charge in [0.15, 0.2) is 11.5 Å². The second-order valence-corrected chi connectivity index (χ2v) is 3.44. The first-order chi connectivity index (χ1) is 6.34. The number of hydrogen-bond acceptors (Lipinski definition) is 2. The molecule has 0 amide bonds. The van der Waals surface area contributed by atoms with Gasteiger partial charge in [0.05, 0.1) is 6.61 Å². The van der Waals surface area contributed by atoms with Gasteiger partial charge < -0.3 is 4.74 Å². The molecule has 0 unspecified atom stereocenters. The fraction of sp³-hybridized carbons (Fsp3) is 0.727. The molecule has 0 aromatic carbocycles. The molecule has 0 radical (unpaired) electrons. The van der Waals surface area contributed by atoms with E-state index in [1.165, 1.54) is 12.8 Å². The number of carbonyl (C=O) groups excluding carboxylic acids is 1. The Hall–Kier alpha value is -0.790. The van der Waals surface area contributed by atoms with Gasteiger partial charge in [0.1, 0.15) is 0 Å². The Bertz CT molecular complexity index is 194. The number of ketones is 1. The summed E-state index contributed by atoms with van der Waals surface area (Å²) in [7, 11) is 0. The Labute approximate surface area is 80.0 Å². The number of Topliss-reactive ketones (excluding diaryl/α,β-unsaturated/α-hetero) is 1. The summed E-state index contributed by atoms with van der Waals surface area (Å²) < 4.78 is 5.18. The Morgan fingerprint density at radius 2 is 2.31 bits per heavy atom. The molecule has 0 bridgehead atoms. The van der Waals surface area contributed by atoms with Gasteiger partial charge in [-0.3, -0.25) is 4.79 Å². The molecule has 0 fully saturated rings. The molecule has 0 saturated carbocycles. The predicted molar refractivity (Wildman–Crippen MR) is 52.4 cm³/mol. The topological polar surface area (TPSA) is 26.3 Å². The van der Waals surface area contributed by atoms with Crippen molar-refractivity contribution in [2.24, 2.45) is 0 Å². The molecule has 0 saturated heterocycles. The molecule has 0 spiro atoms. The van der Waals surface area contributed by atoms with E-state index in [4.69, 9.17) is 4.74 Å². The van der Waals surface area contributed by atoms with Crippen molar-refractivity contribution in [1.82, 2.24) is 0 Å². The van der Waals surface area contributed by atoms with Crippen LogP contribution in [0.15, 0.2) is 11.8 Å². The second kappa shape index (κ2) is 5.79. The van der Waals surface area contributed by atoms with Crippen LogP contribution in [0.5, 0.6) is 0 Å². The van der Waals surface area contributed by atoms with Crippen LogP contribution >= 0.6 is 0 Å². The molecule has 0 aromatic rings. The van der Waals surface area contributed by atoms with Gasteiger partial charge in [0, 0.05) is 12.8 Å². The van der Waals surface area contributed by atoms with Crippen molar-refractivity contribution in [1.29, 1.82) is 0 Å². The molecule has 1 aliphatic heterocycles. The van der Waals surface area contributed by atoms with Crippen LogP contribution in [0, 0.1) is 0 Å². The van der Waals surface area contributed by atoms with Gasteiger partial charge in [-0.2, -0.15) is 0 Å². The highest BCUT2D eigenvalue weighted by Crippen LogP contribution is 2.14. The first-order valence-electron chi connectivity index (χ1n) is 5.20. The summed E-state index contributed by atoms with van der Waals surface area (Å²) in [4.78, 5) is 11.4. The smallest absolute Gasteiger partial charge is 0.197 e. The van der Waals surface area contributed by atoms with Gasteiger partial charge in [-0.1, -0.05) is 26.2 Å². The van der Waals surface area contributed by atoms with Crippen molar-refractivity contribution in [2.45, 2.75) is 45.4 Å². The van der Waals surface area contributed by atoms with Crippen LogP contribution in [0.1, 0.15) is 45.4 Å². The third-order valence-corrected chi connectivity index (χ3v) is 2.24. The summed E-state index contributed by atoms with van der Waals surface area (Å²) in [5.41, 5.74) is 0.